The van der Waals surface area contributed by atoms with Gasteiger partial charge in [0.1, 0.15) is 0 Å². The lowest BCUT2D eigenvalue weighted by Gasteiger charge is -2.01. The maximum atomic E-state index is 10.8. The van der Waals surface area contributed by atoms with Gasteiger partial charge >= 0.3 is 0 Å². The molecule has 1 aromatic rings. The molecule has 0 radical (unpaired) electrons. The Balaban J connectivity index is 3.02. The van der Waals surface area contributed by atoms with E-state index < -0.39 is 0 Å². The summed E-state index contributed by atoms with van der Waals surface area (Å²) in [6.45, 7) is 5.57. The highest BCUT2D eigenvalue weighted by Crippen LogP contribution is 2.14. The first kappa shape index (κ1) is 9.72. The van der Waals surface area contributed by atoms with Gasteiger partial charge in [0.15, 0.2) is 5.78 Å². The smallest absolute Gasteiger partial charge is 0.152 e. The summed E-state index contributed by atoms with van der Waals surface area (Å²) in [6.07, 6.45) is 1.66. The van der Waals surface area contributed by atoms with Crippen molar-refractivity contribution in [2.75, 3.05) is 0 Å². The molecular formula is C12H14O. The van der Waals surface area contributed by atoms with Crippen LogP contribution in [0.25, 0.3) is 5.57 Å². The van der Waals surface area contributed by atoms with E-state index in [0.29, 0.717) is 0 Å². The number of carbonyl (C=O) groups excluding carboxylic acids is 1. The summed E-state index contributed by atoms with van der Waals surface area (Å²) < 4.78 is 0. The molecule has 13 heavy (non-hydrogen) atoms. The van der Waals surface area contributed by atoms with Gasteiger partial charge in [-0.3, -0.25) is 4.79 Å². The second-order valence-corrected chi connectivity index (χ2v) is 3.31. The van der Waals surface area contributed by atoms with E-state index in [1.165, 1.54) is 5.56 Å². The molecule has 0 aliphatic heterocycles. The monoisotopic (exact) mass is 174 g/mol. The molecule has 1 aromatic carbocycles. The number of carbonyl (C=O) groups is 1. The lowest BCUT2D eigenvalue weighted by Crippen LogP contribution is -1.86. The van der Waals surface area contributed by atoms with E-state index in [4.69, 9.17) is 0 Å². The second kappa shape index (κ2) is 4.04. The molecule has 0 amide bonds. The fourth-order valence-corrected chi connectivity index (χ4v) is 1.28. The molecule has 0 heterocycles. The number of allylic oxidation sites excluding steroid dienone is 2. The Labute approximate surface area is 79.1 Å². The minimum atomic E-state index is 0.0963. The second-order valence-electron chi connectivity index (χ2n) is 3.31. The van der Waals surface area contributed by atoms with Crippen molar-refractivity contribution in [3.8, 4) is 0 Å². The highest BCUT2D eigenvalue weighted by Gasteiger charge is 1.96. The molecule has 0 N–H and O–H groups in total. The van der Waals surface area contributed by atoms with Gasteiger partial charge < -0.3 is 0 Å². The Morgan fingerprint density at radius 3 is 2.54 bits per heavy atom. The third-order valence-corrected chi connectivity index (χ3v) is 1.89. The molecule has 0 aliphatic carbocycles. The number of rotatable bonds is 2. The average Bonchev–Trinajstić information content (AvgIpc) is 2.03. The van der Waals surface area contributed by atoms with E-state index >= 15 is 0 Å². The van der Waals surface area contributed by atoms with Gasteiger partial charge in [0.2, 0.25) is 0 Å². The topological polar surface area (TPSA) is 17.1 Å². The van der Waals surface area contributed by atoms with Crippen molar-refractivity contribution >= 4 is 11.4 Å². The summed E-state index contributed by atoms with van der Waals surface area (Å²) in [5, 5.41) is 0. The third kappa shape index (κ3) is 2.86. The van der Waals surface area contributed by atoms with E-state index in [-0.39, 0.29) is 5.78 Å². The van der Waals surface area contributed by atoms with E-state index in [9.17, 15) is 4.79 Å². The molecule has 0 spiro atoms. The van der Waals surface area contributed by atoms with Crippen LogP contribution in [0.3, 0.4) is 0 Å². The number of ketones is 1. The van der Waals surface area contributed by atoms with Crippen LogP contribution in [-0.2, 0) is 4.79 Å². The maximum absolute atomic E-state index is 10.8. The number of hydrogen-bond acceptors (Lipinski definition) is 1. The normalized spacial score (nSPS) is 11.5. The Kier molecular flexibility index (Phi) is 3.02. The minimum absolute atomic E-state index is 0.0963. The minimum Gasteiger partial charge on any atom is -0.295 e. The van der Waals surface area contributed by atoms with E-state index in [1.807, 2.05) is 32.0 Å². The number of hydrogen-bond donors (Lipinski definition) is 0. The molecule has 1 nitrogen and oxygen atoms in total. The zero-order valence-corrected chi connectivity index (χ0v) is 8.29. The van der Waals surface area contributed by atoms with E-state index in [0.717, 1.165) is 11.1 Å². The fourth-order valence-electron chi connectivity index (χ4n) is 1.28. The van der Waals surface area contributed by atoms with E-state index in [1.54, 1.807) is 13.0 Å². The first-order chi connectivity index (χ1) is 6.09. The molecule has 0 saturated carbocycles. The van der Waals surface area contributed by atoms with Gasteiger partial charge in [0.25, 0.3) is 0 Å². The molecule has 0 atom stereocenters. The van der Waals surface area contributed by atoms with Crippen molar-refractivity contribution in [3.63, 3.8) is 0 Å². The maximum Gasteiger partial charge on any atom is 0.152 e. The van der Waals surface area contributed by atoms with Crippen molar-refractivity contribution in [1.82, 2.24) is 0 Å². The van der Waals surface area contributed by atoms with Gasteiger partial charge in [-0.15, -0.1) is 0 Å². The molecule has 0 aromatic heterocycles. The van der Waals surface area contributed by atoms with E-state index in [2.05, 4.69) is 6.07 Å². The summed E-state index contributed by atoms with van der Waals surface area (Å²) >= 11 is 0. The van der Waals surface area contributed by atoms with Crippen LogP contribution >= 0.6 is 0 Å². The lowest BCUT2D eigenvalue weighted by atomic mass is 10.0. The zero-order valence-electron chi connectivity index (χ0n) is 8.29. The van der Waals surface area contributed by atoms with Gasteiger partial charge in [-0.05, 0) is 38.0 Å². The highest BCUT2D eigenvalue weighted by molar-refractivity contribution is 5.94. The molecule has 1 rings (SSSR count). The van der Waals surface area contributed by atoms with Crippen LogP contribution in [0.4, 0.5) is 0 Å². The zero-order chi connectivity index (χ0) is 9.84. The standard InChI is InChI=1S/C12H14O/c1-9-5-4-6-12(7-9)10(2)8-11(3)13/h4-8H,1-3H3/b10-8+. The predicted octanol–water partition coefficient (Wildman–Crippen LogP) is 2.99. The largest absolute Gasteiger partial charge is 0.295 e. The van der Waals surface area contributed by atoms with Crippen LogP contribution in [0.2, 0.25) is 0 Å². The summed E-state index contributed by atoms with van der Waals surface area (Å²) in [7, 11) is 0. The van der Waals surface area contributed by atoms with Crippen LogP contribution in [0.5, 0.6) is 0 Å². The van der Waals surface area contributed by atoms with Crippen molar-refractivity contribution in [2.24, 2.45) is 0 Å². The van der Waals surface area contributed by atoms with Gasteiger partial charge in [-0.2, -0.15) is 0 Å². The Morgan fingerprint density at radius 1 is 1.31 bits per heavy atom. The molecule has 0 fully saturated rings. The summed E-state index contributed by atoms with van der Waals surface area (Å²) in [4.78, 5) is 10.8. The Hall–Kier alpha value is -1.37. The van der Waals surface area contributed by atoms with Crippen LogP contribution < -0.4 is 0 Å². The van der Waals surface area contributed by atoms with Gasteiger partial charge in [0, 0.05) is 0 Å². The van der Waals surface area contributed by atoms with Crippen LogP contribution in [0.15, 0.2) is 30.3 Å². The van der Waals surface area contributed by atoms with Crippen molar-refractivity contribution in [1.29, 1.82) is 0 Å². The molecule has 0 unspecified atom stereocenters. The van der Waals surface area contributed by atoms with Gasteiger partial charge in [-0.25, -0.2) is 0 Å². The third-order valence-electron chi connectivity index (χ3n) is 1.89. The van der Waals surface area contributed by atoms with Crippen LogP contribution in [-0.4, -0.2) is 5.78 Å². The number of aryl methyl sites for hydroxylation is 1. The SMILES string of the molecule is CC(=O)/C=C(\C)c1cccc(C)c1. The van der Waals surface area contributed by atoms with Crippen LogP contribution in [0.1, 0.15) is 25.0 Å². The first-order valence-electron chi connectivity index (χ1n) is 4.35. The van der Waals surface area contributed by atoms with Crippen LogP contribution in [0, 0.1) is 6.92 Å². The average molecular weight is 174 g/mol. The summed E-state index contributed by atoms with van der Waals surface area (Å²) in [6, 6.07) is 8.14. The first-order valence-corrected chi connectivity index (χ1v) is 4.35. The molecular weight excluding hydrogens is 160 g/mol. The molecule has 1 heteroatoms. The lowest BCUT2D eigenvalue weighted by molar-refractivity contribution is -0.112. The van der Waals surface area contributed by atoms with Crippen molar-refractivity contribution in [2.45, 2.75) is 20.8 Å². The summed E-state index contributed by atoms with van der Waals surface area (Å²) in [5.41, 5.74) is 3.36. The summed E-state index contributed by atoms with van der Waals surface area (Å²) in [5.74, 6) is 0.0963. The number of benzene rings is 1. The molecule has 68 valence electrons. The quantitative estimate of drug-likeness (QED) is 0.630. The molecule has 0 saturated heterocycles. The predicted molar refractivity (Wildman–Crippen MR) is 55.5 cm³/mol. The molecule has 0 aliphatic rings. The molecule has 0 bridgehead atoms. The van der Waals surface area contributed by atoms with Crippen molar-refractivity contribution < 1.29 is 4.79 Å². The highest BCUT2D eigenvalue weighted by atomic mass is 16.1. The van der Waals surface area contributed by atoms with Gasteiger partial charge in [-0.1, -0.05) is 29.8 Å². The van der Waals surface area contributed by atoms with Gasteiger partial charge in [0.05, 0.1) is 0 Å². The fraction of sp³-hybridized carbons (Fsp3) is 0.250. The van der Waals surface area contributed by atoms with Crippen molar-refractivity contribution in [3.05, 3.63) is 41.5 Å². The Morgan fingerprint density at radius 2 is 2.00 bits per heavy atom. The Bertz CT molecular complexity index is 348.